The van der Waals surface area contributed by atoms with Gasteiger partial charge in [0.2, 0.25) is 0 Å². The molecule has 88 valence electrons. The molecule has 3 heteroatoms. The Bertz CT molecular complexity index is 552. The highest BCUT2D eigenvalue weighted by Crippen LogP contribution is 2.35. The first-order valence-corrected chi connectivity index (χ1v) is 5.60. The number of hydrogen-bond donors (Lipinski definition) is 0. The van der Waals surface area contributed by atoms with Gasteiger partial charge in [0.25, 0.3) is 0 Å². The minimum absolute atomic E-state index is 0.297. The normalized spacial score (nSPS) is 10.4. The van der Waals surface area contributed by atoms with Crippen LogP contribution in [0, 0.1) is 12.7 Å². The number of hydrogen-bond acceptors (Lipinski definition) is 1. The predicted octanol–water partition coefficient (Wildman–Crippen LogP) is 4.46. The second-order valence-corrected chi connectivity index (χ2v) is 4.21. The SMILES string of the molecule is COc1cccc(F)c1-c1ccc(Cl)cc1C. The molecule has 0 unspecified atom stereocenters. The van der Waals surface area contributed by atoms with Crippen molar-refractivity contribution in [3.63, 3.8) is 0 Å². The van der Waals surface area contributed by atoms with E-state index in [1.165, 1.54) is 13.2 Å². The van der Waals surface area contributed by atoms with Crippen LogP contribution in [0.3, 0.4) is 0 Å². The molecule has 1 nitrogen and oxygen atoms in total. The zero-order valence-electron chi connectivity index (χ0n) is 9.63. The lowest BCUT2D eigenvalue weighted by atomic mass is 9.99. The van der Waals surface area contributed by atoms with Gasteiger partial charge in [0.05, 0.1) is 12.7 Å². The molecule has 0 radical (unpaired) electrons. The van der Waals surface area contributed by atoms with Crippen LogP contribution in [0.1, 0.15) is 5.56 Å². The van der Waals surface area contributed by atoms with Crippen LogP contribution >= 0.6 is 11.6 Å². The molecule has 17 heavy (non-hydrogen) atoms. The highest BCUT2D eigenvalue weighted by atomic mass is 35.5. The molecule has 0 aliphatic carbocycles. The number of aryl methyl sites for hydroxylation is 1. The van der Waals surface area contributed by atoms with Crippen LogP contribution in [0.25, 0.3) is 11.1 Å². The average molecular weight is 251 g/mol. The Balaban J connectivity index is 2.67. The van der Waals surface area contributed by atoms with Crippen molar-refractivity contribution in [1.82, 2.24) is 0 Å². The van der Waals surface area contributed by atoms with E-state index < -0.39 is 0 Å². The lowest BCUT2D eigenvalue weighted by molar-refractivity contribution is 0.413. The van der Waals surface area contributed by atoms with Crippen LogP contribution in [0.4, 0.5) is 4.39 Å². The standard InChI is InChI=1S/C14H12ClFO/c1-9-8-10(15)6-7-11(9)14-12(16)4-3-5-13(14)17-2/h3-8H,1-2H3. The monoisotopic (exact) mass is 250 g/mol. The van der Waals surface area contributed by atoms with Gasteiger partial charge in [-0.3, -0.25) is 0 Å². The highest BCUT2D eigenvalue weighted by molar-refractivity contribution is 6.30. The van der Waals surface area contributed by atoms with Crippen LogP contribution in [0.2, 0.25) is 5.02 Å². The summed E-state index contributed by atoms with van der Waals surface area (Å²) >= 11 is 5.89. The molecule has 0 spiro atoms. The number of benzene rings is 2. The lowest BCUT2D eigenvalue weighted by Crippen LogP contribution is -1.93. The quantitative estimate of drug-likeness (QED) is 0.765. The summed E-state index contributed by atoms with van der Waals surface area (Å²) in [6, 6.07) is 10.2. The van der Waals surface area contributed by atoms with Crippen LogP contribution in [-0.4, -0.2) is 7.11 Å². The molecule has 0 amide bonds. The van der Waals surface area contributed by atoms with Gasteiger partial charge in [-0.15, -0.1) is 0 Å². The van der Waals surface area contributed by atoms with Gasteiger partial charge in [0.1, 0.15) is 11.6 Å². The number of halogens is 2. The topological polar surface area (TPSA) is 9.23 Å². The summed E-state index contributed by atoms with van der Waals surface area (Å²) in [7, 11) is 1.53. The van der Waals surface area contributed by atoms with E-state index in [4.69, 9.17) is 16.3 Å². The van der Waals surface area contributed by atoms with Gasteiger partial charge in [0, 0.05) is 5.02 Å². The number of ether oxygens (including phenoxy) is 1. The van der Waals surface area contributed by atoms with Crippen LogP contribution in [-0.2, 0) is 0 Å². The third kappa shape index (κ3) is 2.27. The molecule has 0 aromatic heterocycles. The molecule has 0 heterocycles. The number of rotatable bonds is 2. The van der Waals surface area contributed by atoms with Crippen molar-refractivity contribution in [2.24, 2.45) is 0 Å². The Kier molecular flexibility index (Phi) is 3.34. The Morgan fingerprint density at radius 1 is 1.18 bits per heavy atom. The molecule has 0 aliphatic heterocycles. The molecule has 0 fully saturated rings. The third-order valence-electron chi connectivity index (χ3n) is 2.65. The van der Waals surface area contributed by atoms with E-state index in [2.05, 4.69) is 0 Å². The Hall–Kier alpha value is -1.54. The van der Waals surface area contributed by atoms with Gasteiger partial charge in [-0.05, 0) is 42.3 Å². The maximum absolute atomic E-state index is 13.9. The van der Waals surface area contributed by atoms with E-state index in [0.717, 1.165) is 11.1 Å². The predicted molar refractivity (Wildman–Crippen MR) is 68.1 cm³/mol. The first-order chi connectivity index (χ1) is 8.13. The summed E-state index contributed by atoms with van der Waals surface area (Å²) in [4.78, 5) is 0. The second kappa shape index (κ2) is 4.76. The lowest BCUT2D eigenvalue weighted by Gasteiger charge is -2.12. The van der Waals surface area contributed by atoms with Crippen molar-refractivity contribution in [3.05, 3.63) is 52.8 Å². The molecular formula is C14H12ClFO. The molecule has 0 bridgehead atoms. The molecule has 0 N–H and O–H groups in total. The van der Waals surface area contributed by atoms with E-state index in [1.807, 2.05) is 13.0 Å². The summed E-state index contributed by atoms with van der Waals surface area (Å²) in [5.74, 6) is 0.227. The Labute approximate surface area is 105 Å². The van der Waals surface area contributed by atoms with E-state index in [0.29, 0.717) is 16.3 Å². The molecular weight excluding hydrogens is 239 g/mol. The molecule has 0 saturated heterocycles. The Morgan fingerprint density at radius 3 is 2.59 bits per heavy atom. The average Bonchev–Trinajstić information content (AvgIpc) is 2.30. The molecule has 0 aliphatic rings. The van der Waals surface area contributed by atoms with Gasteiger partial charge < -0.3 is 4.74 Å². The zero-order chi connectivity index (χ0) is 12.4. The van der Waals surface area contributed by atoms with Gasteiger partial charge in [-0.1, -0.05) is 23.7 Å². The van der Waals surface area contributed by atoms with Crippen molar-refractivity contribution >= 4 is 11.6 Å². The van der Waals surface area contributed by atoms with E-state index in [-0.39, 0.29) is 5.82 Å². The summed E-state index contributed by atoms with van der Waals surface area (Å²) < 4.78 is 19.1. The van der Waals surface area contributed by atoms with E-state index in [1.54, 1.807) is 24.3 Å². The van der Waals surface area contributed by atoms with Gasteiger partial charge >= 0.3 is 0 Å². The third-order valence-corrected chi connectivity index (χ3v) is 2.89. The molecule has 0 atom stereocenters. The van der Waals surface area contributed by atoms with Gasteiger partial charge in [0.15, 0.2) is 0 Å². The van der Waals surface area contributed by atoms with Gasteiger partial charge in [-0.25, -0.2) is 4.39 Å². The largest absolute Gasteiger partial charge is 0.496 e. The smallest absolute Gasteiger partial charge is 0.134 e. The van der Waals surface area contributed by atoms with Crippen molar-refractivity contribution in [2.75, 3.05) is 7.11 Å². The fourth-order valence-corrected chi connectivity index (χ4v) is 2.07. The van der Waals surface area contributed by atoms with Crippen molar-refractivity contribution in [1.29, 1.82) is 0 Å². The summed E-state index contributed by atoms with van der Waals surface area (Å²) in [6.45, 7) is 1.90. The molecule has 0 saturated carbocycles. The fraction of sp³-hybridized carbons (Fsp3) is 0.143. The molecule has 2 aromatic rings. The minimum atomic E-state index is -0.297. The first kappa shape index (κ1) is 11.9. The van der Waals surface area contributed by atoms with Crippen LogP contribution in [0.5, 0.6) is 5.75 Å². The van der Waals surface area contributed by atoms with Gasteiger partial charge in [-0.2, -0.15) is 0 Å². The summed E-state index contributed by atoms with van der Waals surface area (Å²) in [5, 5.41) is 0.640. The highest BCUT2D eigenvalue weighted by Gasteiger charge is 2.13. The first-order valence-electron chi connectivity index (χ1n) is 5.22. The van der Waals surface area contributed by atoms with Crippen molar-refractivity contribution in [3.8, 4) is 16.9 Å². The molecule has 2 aromatic carbocycles. The van der Waals surface area contributed by atoms with E-state index >= 15 is 0 Å². The summed E-state index contributed by atoms with van der Waals surface area (Å²) in [6.07, 6.45) is 0. The van der Waals surface area contributed by atoms with Crippen molar-refractivity contribution in [2.45, 2.75) is 6.92 Å². The van der Waals surface area contributed by atoms with Crippen LogP contribution in [0.15, 0.2) is 36.4 Å². The zero-order valence-corrected chi connectivity index (χ0v) is 10.4. The number of methoxy groups -OCH3 is 1. The minimum Gasteiger partial charge on any atom is -0.496 e. The van der Waals surface area contributed by atoms with E-state index in [9.17, 15) is 4.39 Å². The maximum Gasteiger partial charge on any atom is 0.134 e. The maximum atomic E-state index is 13.9. The Morgan fingerprint density at radius 2 is 1.94 bits per heavy atom. The summed E-state index contributed by atoms with van der Waals surface area (Å²) in [5.41, 5.74) is 2.19. The van der Waals surface area contributed by atoms with Crippen LogP contribution < -0.4 is 4.74 Å². The van der Waals surface area contributed by atoms with Crippen molar-refractivity contribution < 1.29 is 9.13 Å². The second-order valence-electron chi connectivity index (χ2n) is 3.78. The fourth-order valence-electron chi connectivity index (χ4n) is 1.84. The molecule has 2 rings (SSSR count).